The van der Waals surface area contributed by atoms with Crippen LogP contribution in [0.3, 0.4) is 0 Å². The lowest BCUT2D eigenvalue weighted by Gasteiger charge is -2.17. The summed E-state index contributed by atoms with van der Waals surface area (Å²) in [6, 6.07) is 13.1. The molecule has 1 amide bonds. The maximum absolute atomic E-state index is 13.8. The summed E-state index contributed by atoms with van der Waals surface area (Å²) in [7, 11) is 0. The molecule has 4 rings (SSSR count). The minimum absolute atomic E-state index is 0.0352. The van der Waals surface area contributed by atoms with Crippen LogP contribution in [0.25, 0.3) is 0 Å². The molecule has 6 nitrogen and oxygen atoms in total. The zero-order valence-electron chi connectivity index (χ0n) is 15.7. The molecule has 0 saturated carbocycles. The van der Waals surface area contributed by atoms with Crippen LogP contribution in [0.5, 0.6) is 0 Å². The Hall–Kier alpha value is -3.81. The molecule has 3 aromatic rings. The predicted molar refractivity (Wildman–Crippen MR) is 109 cm³/mol. The van der Waals surface area contributed by atoms with E-state index in [0.29, 0.717) is 29.7 Å². The average Bonchev–Trinajstić information content (AvgIpc) is 2.75. The van der Waals surface area contributed by atoms with Gasteiger partial charge in [-0.25, -0.2) is 13.6 Å². The monoisotopic (exact) mass is 409 g/mol. The third-order valence-electron chi connectivity index (χ3n) is 4.67. The quantitative estimate of drug-likeness (QED) is 0.629. The van der Waals surface area contributed by atoms with E-state index >= 15 is 0 Å². The molecule has 0 atom stereocenters. The van der Waals surface area contributed by atoms with Crippen molar-refractivity contribution in [2.45, 2.75) is 19.3 Å². The molecule has 1 aliphatic carbocycles. The Morgan fingerprint density at radius 2 is 1.80 bits per heavy atom. The largest absolute Gasteiger partial charge is 0.420 e. The van der Waals surface area contributed by atoms with Crippen LogP contribution in [0, 0.1) is 11.6 Å². The molecule has 152 valence electrons. The average molecular weight is 409 g/mol. The van der Waals surface area contributed by atoms with E-state index in [1.807, 2.05) is 0 Å². The third-order valence-corrected chi connectivity index (χ3v) is 4.67. The number of carbonyl (C=O) groups is 1. The highest BCUT2D eigenvalue weighted by molar-refractivity contribution is 6.05. The number of fused-ring (bicyclic) bond motifs is 1. The van der Waals surface area contributed by atoms with Gasteiger partial charge in [-0.2, -0.15) is 5.10 Å². The van der Waals surface area contributed by atoms with Gasteiger partial charge >= 0.3 is 5.63 Å². The minimum atomic E-state index is -0.718. The Kier molecular flexibility index (Phi) is 5.38. The number of anilines is 2. The van der Waals surface area contributed by atoms with Crippen molar-refractivity contribution in [1.82, 2.24) is 0 Å². The van der Waals surface area contributed by atoms with Gasteiger partial charge in [0.1, 0.15) is 23.0 Å². The van der Waals surface area contributed by atoms with Gasteiger partial charge in [-0.05, 0) is 55.2 Å². The summed E-state index contributed by atoms with van der Waals surface area (Å²) >= 11 is 0. The fourth-order valence-electron chi connectivity index (χ4n) is 3.19. The zero-order chi connectivity index (χ0) is 21.1. The fourth-order valence-corrected chi connectivity index (χ4v) is 3.19. The third kappa shape index (κ3) is 4.12. The molecular formula is C22H17F2N3O3. The number of carbonyl (C=O) groups excluding carboxylic acids is 1. The standard InChI is InChI=1S/C22H17F2N3O3/c23-15-9-10-16(24)18(12-15)27-26-17-8-4-7-14-11-19(22(29)30-20(14)17)25-21(28)13-5-2-1-3-6-13/h1-3,5-6,9-12,27H,4,7-8H2,(H,25,28)/b26-17-. The number of nitrogens with one attached hydrogen (secondary N) is 2. The molecule has 0 spiro atoms. The predicted octanol–water partition coefficient (Wildman–Crippen LogP) is 4.32. The first-order chi connectivity index (χ1) is 14.5. The lowest BCUT2D eigenvalue weighted by molar-refractivity contribution is 0.102. The van der Waals surface area contributed by atoms with E-state index in [4.69, 9.17) is 4.42 Å². The molecular weight excluding hydrogens is 392 g/mol. The maximum Gasteiger partial charge on any atom is 0.360 e. The number of nitrogens with zero attached hydrogens (tertiary/aromatic N) is 1. The van der Waals surface area contributed by atoms with E-state index in [2.05, 4.69) is 15.8 Å². The summed E-state index contributed by atoms with van der Waals surface area (Å²) in [6.45, 7) is 0. The SMILES string of the molecule is O=C(Nc1cc2c(oc1=O)/C(=N\Nc1cc(F)ccc1F)CCC2)c1ccccc1. The summed E-state index contributed by atoms with van der Waals surface area (Å²) in [5, 5.41) is 6.69. The van der Waals surface area contributed by atoms with Gasteiger partial charge in [-0.1, -0.05) is 18.2 Å². The van der Waals surface area contributed by atoms with Gasteiger partial charge in [0.05, 0.1) is 5.69 Å². The first-order valence-electron chi connectivity index (χ1n) is 9.32. The topological polar surface area (TPSA) is 83.7 Å². The first kappa shape index (κ1) is 19.5. The van der Waals surface area contributed by atoms with E-state index in [-0.39, 0.29) is 17.1 Å². The van der Waals surface area contributed by atoms with Crippen molar-refractivity contribution < 1.29 is 18.0 Å². The Labute approximate surface area is 170 Å². The number of benzene rings is 2. The minimum Gasteiger partial charge on any atom is -0.420 e. The lowest BCUT2D eigenvalue weighted by Crippen LogP contribution is -2.22. The van der Waals surface area contributed by atoms with Crippen LogP contribution in [0.15, 0.2) is 68.9 Å². The van der Waals surface area contributed by atoms with Crippen LogP contribution in [-0.4, -0.2) is 11.6 Å². The van der Waals surface area contributed by atoms with Crippen molar-refractivity contribution in [2.24, 2.45) is 5.10 Å². The van der Waals surface area contributed by atoms with E-state index in [1.165, 1.54) is 0 Å². The van der Waals surface area contributed by atoms with Crippen LogP contribution in [0.1, 0.15) is 34.5 Å². The van der Waals surface area contributed by atoms with Crippen LogP contribution in [0.2, 0.25) is 0 Å². The molecule has 8 heteroatoms. The Balaban J connectivity index is 1.60. The summed E-state index contributed by atoms with van der Waals surface area (Å²) < 4.78 is 32.5. The highest BCUT2D eigenvalue weighted by Crippen LogP contribution is 2.24. The van der Waals surface area contributed by atoms with Crippen LogP contribution < -0.4 is 16.4 Å². The van der Waals surface area contributed by atoms with E-state index in [0.717, 1.165) is 24.6 Å². The van der Waals surface area contributed by atoms with Gasteiger partial charge in [-0.15, -0.1) is 0 Å². The van der Waals surface area contributed by atoms with Crippen LogP contribution in [0.4, 0.5) is 20.2 Å². The van der Waals surface area contributed by atoms with Gasteiger partial charge in [0.2, 0.25) is 0 Å². The highest BCUT2D eigenvalue weighted by Gasteiger charge is 2.22. The highest BCUT2D eigenvalue weighted by atomic mass is 19.1. The number of halogens is 2. The Morgan fingerprint density at radius 1 is 1.00 bits per heavy atom. The summed E-state index contributed by atoms with van der Waals surface area (Å²) in [4.78, 5) is 24.7. The van der Waals surface area contributed by atoms with Gasteiger partial charge in [0.25, 0.3) is 5.91 Å². The molecule has 0 fully saturated rings. The van der Waals surface area contributed by atoms with Crippen molar-refractivity contribution in [3.05, 3.63) is 93.5 Å². The molecule has 1 aliphatic rings. The molecule has 1 heterocycles. The number of amides is 1. The number of aryl methyl sites for hydroxylation is 1. The second-order valence-electron chi connectivity index (χ2n) is 6.77. The Morgan fingerprint density at radius 3 is 2.60 bits per heavy atom. The molecule has 30 heavy (non-hydrogen) atoms. The van der Waals surface area contributed by atoms with Gasteiger partial charge in [0.15, 0.2) is 5.76 Å². The smallest absolute Gasteiger partial charge is 0.360 e. The van der Waals surface area contributed by atoms with Gasteiger partial charge in [-0.3, -0.25) is 10.2 Å². The molecule has 2 N–H and O–H groups in total. The second-order valence-corrected chi connectivity index (χ2v) is 6.77. The van der Waals surface area contributed by atoms with E-state index in [1.54, 1.807) is 36.4 Å². The van der Waals surface area contributed by atoms with Gasteiger partial charge < -0.3 is 9.73 Å². The maximum atomic E-state index is 13.8. The van der Waals surface area contributed by atoms with E-state index in [9.17, 15) is 18.4 Å². The van der Waals surface area contributed by atoms with Crippen molar-refractivity contribution >= 4 is 23.0 Å². The number of hydrogen-bond acceptors (Lipinski definition) is 5. The normalized spacial score (nSPS) is 14.3. The Bertz CT molecular complexity index is 1190. The van der Waals surface area contributed by atoms with E-state index < -0.39 is 23.2 Å². The molecule has 0 aliphatic heterocycles. The summed E-state index contributed by atoms with van der Waals surface area (Å²) in [6.07, 6.45) is 1.84. The van der Waals surface area contributed by atoms with Crippen molar-refractivity contribution in [3.63, 3.8) is 0 Å². The van der Waals surface area contributed by atoms with Crippen molar-refractivity contribution in [1.29, 1.82) is 0 Å². The summed E-state index contributed by atoms with van der Waals surface area (Å²) in [5.74, 6) is -1.41. The zero-order valence-corrected chi connectivity index (χ0v) is 15.7. The van der Waals surface area contributed by atoms with Crippen molar-refractivity contribution in [2.75, 3.05) is 10.7 Å². The first-order valence-corrected chi connectivity index (χ1v) is 9.32. The molecule has 1 aromatic heterocycles. The fraction of sp³-hybridized carbons (Fsp3) is 0.136. The van der Waals surface area contributed by atoms with Gasteiger partial charge in [0, 0.05) is 11.6 Å². The molecule has 2 aromatic carbocycles. The molecule has 0 unspecified atom stereocenters. The molecule has 0 radical (unpaired) electrons. The number of hydrazone groups is 1. The number of hydrogen-bond donors (Lipinski definition) is 2. The van der Waals surface area contributed by atoms with Crippen LogP contribution in [-0.2, 0) is 6.42 Å². The lowest BCUT2D eigenvalue weighted by atomic mass is 9.95. The molecule has 0 saturated heterocycles. The molecule has 0 bridgehead atoms. The second kappa shape index (κ2) is 8.28. The van der Waals surface area contributed by atoms with Crippen LogP contribution >= 0.6 is 0 Å². The number of rotatable bonds is 4. The van der Waals surface area contributed by atoms with Crippen molar-refractivity contribution in [3.8, 4) is 0 Å². The summed E-state index contributed by atoms with van der Waals surface area (Å²) in [5.41, 5.74) is 3.22.